The van der Waals surface area contributed by atoms with E-state index in [1.165, 1.54) is 11.8 Å². The first-order valence-electron chi connectivity index (χ1n) is 5.24. The van der Waals surface area contributed by atoms with E-state index in [1.54, 1.807) is 0 Å². The molecule has 1 heterocycles. The second-order valence-electron chi connectivity index (χ2n) is 3.98. The van der Waals surface area contributed by atoms with Crippen LogP contribution in [0.15, 0.2) is 5.16 Å². The topological polar surface area (TPSA) is 71.1 Å². The predicted octanol–water partition coefficient (Wildman–Crippen LogP) is 0.776. The van der Waals surface area contributed by atoms with Crippen molar-refractivity contribution in [1.29, 1.82) is 0 Å². The molecule has 3 N–H and O–H groups in total. The van der Waals surface area contributed by atoms with Crippen LogP contribution in [0.5, 0.6) is 0 Å². The van der Waals surface area contributed by atoms with Crippen LogP contribution in [-0.2, 0) is 4.74 Å². The van der Waals surface area contributed by atoms with Gasteiger partial charge in [-0.1, -0.05) is 5.16 Å². The summed E-state index contributed by atoms with van der Waals surface area (Å²) in [5.74, 6) is -0.112. The monoisotopic (exact) mass is 255 g/mol. The molecule has 1 saturated heterocycles. The molecule has 0 bridgehead atoms. The smallest absolute Gasteiger partial charge is 0.409 e. The first-order valence-corrected chi connectivity index (χ1v) is 5.24. The fourth-order valence-electron chi connectivity index (χ4n) is 1.96. The summed E-state index contributed by atoms with van der Waals surface area (Å²) >= 11 is 0. The molecule has 1 aliphatic rings. The van der Waals surface area contributed by atoms with Crippen molar-refractivity contribution in [3.05, 3.63) is 0 Å². The maximum atomic E-state index is 12.9. The maximum absolute atomic E-state index is 12.9. The summed E-state index contributed by atoms with van der Waals surface area (Å²) in [6.07, 6.45) is -4.55. The van der Waals surface area contributed by atoms with E-state index >= 15 is 0 Å². The number of hydrogen-bond donors (Lipinski definition) is 2. The molecule has 0 aliphatic carbocycles. The Morgan fingerprint density at radius 3 is 2.71 bits per heavy atom. The Morgan fingerprint density at radius 2 is 2.24 bits per heavy atom. The summed E-state index contributed by atoms with van der Waals surface area (Å²) in [6.45, 7) is 1.44. The third-order valence-corrected chi connectivity index (χ3v) is 2.76. The molecule has 1 atom stereocenters. The number of nitrogens with two attached hydrogens (primary N) is 1. The number of nitrogens with zero attached hydrogens (tertiary/aromatic N) is 2. The number of rotatable bonds is 4. The van der Waals surface area contributed by atoms with Crippen molar-refractivity contribution < 1.29 is 23.1 Å². The van der Waals surface area contributed by atoms with Crippen LogP contribution in [0.4, 0.5) is 13.2 Å². The lowest BCUT2D eigenvalue weighted by Crippen LogP contribution is -2.50. The largest absolute Gasteiger partial charge is 0.418 e. The maximum Gasteiger partial charge on any atom is 0.418 e. The van der Waals surface area contributed by atoms with Crippen molar-refractivity contribution in [3.63, 3.8) is 0 Å². The fourth-order valence-corrected chi connectivity index (χ4v) is 1.96. The lowest BCUT2D eigenvalue weighted by atomic mass is 10.0. The Hall–Kier alpha value is -1.02. The van der Waals surface area contributed by atoms with Gasteiger partial charge < -0.3 is 15.7 Å². The molecule has 0 amide bonds. The van der Waals surface area contributed by atoms with Crippen LogP contribution >= 0.6 is 0 Å². The highest BCUT2D eigenvalue weighted by molar-refractivity contribution is 5.81. The highest BCUT2D eigenvalue weighted by atomic mass is 19.4. The quantitative estimate of drug-likeness (QED) is 0.337. The third-order valence-electron chi connectivity index (χ3n) is 2.76. The van der Waals surface area contributed by atoms with Gasteiger partial charge >= 0.3 is 6.18 Å². The van der Waals surface area contributed by atoms with Crippen LogP contribution in [0.2, 0.25) is 0 Å². The molecule has 1 fully saturated rings. The van der Waals surface area contributed by atoms with Gasteiger partial charge in [0.2, 0.25) is 0 Å². The van der Waals surface area contributed by atoms with Gasteiger partial charge in [-0.2, -0.15) is 13.2 Å². The molecule has 0 radical (unpaired) electrons. The molecule has 0 aromatic heterocycles. The molecule has 1 unspecified atom stereocenters. The van der Waals surface area contributed by atoms with E-state index in [-0.39, 0.29) is 38.5 Å². The van der Waals surface area contributed by atoms with Gasteiger partial charge in [0, 0.05) is 19.7 Å². The average Bonchev–Trinajstić information content (AvgIpc) is 2.62. The van der Waals surface area contributed by atoms with Crippen LogP contribution in [0.3, 0.4) is 0 Å². The Kier molecular flexibility index (Phi) is 4.21. The minimum Gasteiger partial charge on any atom is -0.409 e. The van der Waals surface area contributed by atoms with Gasteiger partial charge in [-0.05, 0) is 13.3 Å². The fraction of sp³-hybridized carbons (Fsp3) is 0.889. The van der Waals surface area contributed by atoms with Crippen molar-refractivity contribution in [2.24, 2.45) is 10.9 Å². The zero-order chi connectivity index (χ0) is 13.1. The Labute approximate surface area is 97.0 Å². The Morgan fingerprint density at radius 1 is 1.59 bits per heavy atom. The molecular weight excluding hydrogens is 239 g/mol. The third kappa shape index (κ3) is 3.01. The first kappa shape index (κ1) is 14.0. The molecule has 1 rings (SSSR count). The number of amidine groups is 1. The molecule has 0 aromatic carbocycles. The second kappa shape index (κ2) is 5.09. The van der Waals surface area contributed by atoms with Gasteiger partial charge in [0.25, 0.3) is 0 Å². The van der Waals surface area contributed by atoms with Crippen LogP contribution in [0.25, 0.3) is 0 Å². The van der Waals surface area contributed by atoms with E-state index in [1.807, 2.05) is 0 Å². The molecule has 0 spiro atoms. The number of oxime groups is 1. The van der Waals surface area contributed by atoms with Crippen molar-refractivity contribution in [1.82, 2.24) is 4.90 Å². The minimum atomic E-state index is -4.41. The van der Waals surface area contributed by atoms with Gasteiger partial charge in [-0.25, -0.2) is 0 Å². The summed E-state index contributed by atoms with van der Waals surface area (Å²) in [6, 6.07) is 0. The van der Waals surface area contributed by atoms with Crippen molar-refractivity contribution in [2.45, 2.75) is 25.1 Å². The van der Waals surface area contributed by atoms with E-state index in [4.69, 9.17) is 15.7 Å². The van der Waals surface area contributed by atoms with Gasteiger partial charge in [-0.15, -0.1) is 0 Å². The van der Waals surface area contributed by atoms with Crippen molar-refractivity contribution in [2.75, 3.05) is 26.2 Å². The van der Waals surface area contributed by atoms with E-state index in [2.05, 4.69) is 5.16 Å². The lowest BCUT2D eigenvalue weighted by molar-refractivity contribution is -0.270. The molecule has 1 aliphatic heterocycles. The Bertz CT molecular complexity index is 296. The number of hydrogen-bond acceptors (Lipinski definition) is 4. The van der Waals surface area contributed by atoms with Gasteiger partial charge in [0.1, 0.15) is 0 Å². The van der Waals surface area contributed by atoms with E-state index in [0.29, 0.717) is 0 Å². The molecule has 0 aromatic rings. The summed E-state index contributed by atoms with van der Waals surface area (Å²) in [5, 5.41) is 11.1. The van der Waals surface area contributed by atoms with E-state index < -0.39 is 11.8 Å². The average molecular weight is 255 g/mol. The summed E-state index contributed by atoms with van der Waals surface area (Å²) in [4.78, 5) is 1.46. The van der Waals surface area contributed by atoms with Gasteiger partial charge in [0.05, 0.1) is 6.54 Å². The van der Waals surface area contributed by atoms with Crippen molar-refractivity contribution >= 4 is 5.84 Å². The SMILES string of the molecule is CCOC1(C(F)(F)F)CCN(C/C(N)=N/O)C1. The van der Waals surface area contributed by atoms with Crippen LogP contribution in [0, 0.1) is 0 Å². The van der Waals surface area contributed by atoms with Crippen LogP contribution < -0.4 is 5.73 Å². The summed E-state index contributed by atoms with van der Waals surface area (Å²) in [5.41, 5.74) is 3.13. The van der Waals surface area contributed by atoms with Crippen molar-refractivity contribution in [3.8, 4) is 0 Å². The zero-order valence-corrected chi connectivity index (χ0v) is 9.50. The Balaban J connectivity index is 2.72. The molecule has 100 valence electrons. The lowest BCUT2D eigenvalue weighted by Gasteiger charge is -2.31. The molecule has 8 heteroatoms. The second-order valence-corrected chi connectivity index (χ2v) is 3.98. The number of alkyl halides is 3. The molecule has 0 saturated carbocycles. The van der Waals surface area contributed by atoms with Gasteiger partial charge in [0.15, 0.2) is 11.4 Å². The minimum absolute atomic E-state index is 0.00139. The standard InChI is InChI=1S/C9H16F3N3O2/c1-2-17-8(9(10,11)12)3-4-15(6-8)5-7(13)14-16/h16H,2-6H2,1H3,(H2,13,14). The first-order chi connectivity index (χ1) is 7.84. The van der Waals surface area contributed by atoms with Crippen LogP contribution in [-0.4, -0.2) is 54.0 Å². The number of halogens is 3. The summed E-state index contributed by atoms with van der Waals surface area (Å²) in [7, 11) is 0. The van der Waals surface area contributed by atoms with E-state index in [9.17, 15) is 13.2 Å². The molecule has 17 heavy (non-hydrogen) atoms. The molecular formula is C9H16F3N3O2. The normalized spacial score (nSPS) is 27.6. The van der Waals surface area contributed by atoms with Crippen LogP contribution in [0.1, 0.15) is 13.3 Å². The summed E-state index contributed by atoms with van der Waals surface area (Å²) < 4.78 is 43.7. The highest BCUT2D eigenvalue weighted by Gasteiger charge is 2.59. The molecule has 5 nitrogen and oxygen atoms in total. The van der Waals surface area contributed by atoms with Gasteiger partial charge in [-0.3, -0.25) is 4.90 Å². The predicted molar refractivity (Wildman–Crippen MR) is 54.9 cm³/mol. The zero-order valence-electron chi connectivity index (χ0n) is 9.50. The number of ether oxygens (including phenoxy) is 1. The highest BCUT2D eigenvalue weighted by Crippen LogP contribution is 2.40. The van der Waals surface area contributed by atoms with E-state index in [0.717, 1.165) is 0 Å². The number of likely N-dealkylation sites (tertiary alicyclic amines) is 1.